The predicted octanol–water partition coefficient (Wildman–Crippen LogP) is 3.91. The lowest BCUT2D eigenvalue weighted by Crippen LogP contribution is -2.17. The first-order chi connectivity index (χ1) is 13.2. The van der Waals surface area contributed by atoms with Crippen molar-refractivity contribution < 1.29 is 16.8 Å². The maximum atomic E-state index is 12.6. The minimum Gasteiger partial charge on any atom is -0.277 e. The first kappa shape index (κ1) is 19.9. The summed E-state index contributed by atoms with van der Waals surface area (Å²) >= 11 is 0. The van der Waals surface area contributed by atoms with Gasteiger partial charge in [0.1, 0.15) is 0 Å². The van der Waals surface area contributed by atoms with Gasteiger partial charge in [0.25, 0.3) is 20.0 Å². The van der Waals surface area contributed by atoms with Crippen LogP contribution in [0.25, 0.3) is 0 Å². The summed E-state index contributed by atoms with van der Waals surface area (Å²) in [5.74, 6) is 0. The van der Waals surface area contributed by atoms with Gasteiger partial charge in [0.05, 0.1) is 21.2 Å². The van der Waals surface area contributed by atoms with Gasteiger partial charge in [0.2, 0.25) is 0 Å². The van der Waals surface area contributed by atoms with Gasteiger partial charge in [-0.15, -0.1) is 0 Å². The number of hydrogen-bond acceptors (Lipinski definition) is 4. The molecule has 0 unspecified atom stereocenters. The molecule has 0 aliphatic carbocycles. The smallest absolute Gasteiger partial charge is 0.261 e. The van der Waals surface area contributed by atoms with Crippen LogP contribution in [0.4, 0.5) is 11.4 Å². The van der Waals surface area contributed by atoms with E-state index in [1.807, 2.05) is 13.8 Å². The molecule has 0 atom stereocenters. The summed E-state index contributed by atoms with van der Waals surface area (Å²) < 4.78 is 55.5. The fraction of sp³-hybridized carbons (Fsp3) is 0.100. The second kappa shape index (κ2) is 7.65. The molecule has 2 N–H and O–H groups in total. The zero-order valence-corrected chi connectivity index (χ0v) is 17.0. The topological polar surface area (TPSA) is 92.3 Å². The largest absolute Gasteiger partial charge is 0.277 e. The summed E-state index contributed by atoms with van der Waals surface area (Å²) in [6.07, 6.45) is 0. The quantitative estimate of drug-likeness (QED) is 0.637. The van der Waals surface area contributed by atoms with Crippen LogP contribution in [-0.2, 0) is 20.0 Å². The van der Waals surface area contributed by atoms with Gasteiger partial charge in [-0.1, -0.05) is 47.5 Å². The molecule has 0 spiro atoms. The van der Waals surface area contributed by atoms with Gasteiger partial charge in [-0.05, 0) is 50.2 Å². The molecule has 3 rings (SSSR count). The van der Waals surface area contributed by atoms with Gasteiger partial charge in [-0.2, -0.15) is 0 Å². The van der Waals surface area contributed by atoms with Crippen LogP contribution in [0.15, 0.2) is 82.6 Å². The van der Waals surface area contributed by atoms with Crippen molar-refractivity contribution in [3.05, 3.63) is 83.9 Å². The van der Waals surface area contributed by atoms with Crippen LogP contribution in [0.1, 0.15) is 11.1 Å². The Balaban J connectivity index is 1.91. The van der Waals surface area contributed by atoms with Crippen LogP contribution in [0.2, 0.25) is 0 Å². The highest BCUT2D eigenvalue weighted by molar-refractivity contribution is 7.93. The summed E-state index contributed by atoms with van der Waals surface area (Å²) in [6.45, 7) is 3.72. The highest BCUT2D eigenvalue weighted by atomic mass is 32.2. The van der Waals surface area contributed by atoms with Crippen molar-refractivity contribution in [2.75, 3.05) is 9.44 Å². The third-order valence-corrected chi connectivity index (χ3v) is 6.84. The second-order valence-electron chi connectivity index (χ2n) is 6.38. The van der Waals surface area contributed by atoms with Crippen molar-refractivity contribution in [3.8, 4) is 0 Å². The fourth-order valence-electron chi connectivity index (χ4n) is 2.50. The number of hydrogen-bond donors (Lipinski definition) is 2. The Morgan fingerprint density at radius 2 is 0.857 bits per heavy atom. The molecule has 146 valence electrons. The molecule has 0 radical (unpaired) electrons. The van der Waals surface area contributed by atoms with Crippen LogP contribution < -0.4 is 9.44 Å². The summed E-state index contributed by atoms with van der Waals surface area (Å²) in [4.78, 5) is 0.184. The van der Waals surface area contributed by atoms with E-state index in [-0.39, 0.29) is 21.2 Å². The Kier molecular flexibility index (Phi) is 5.44. The minimum absolute atomic E-state index is 0.0919. The molecule has 0 aromatic heterocycles. The van der Waals surface area contributed by atoms with Crippen LogP contribution in [0.3, 0.4) is 0 Å². The van der Waals surface area contributed by atoms with Crippen molar-refractivity contribution in [3.63, 3.8) is 0 Å². The third kappa shape index (κ3) is 4.52. The highest BCUT2D eigenvalue weighted by Gasteiger charge is 2.19. The minimum atomic E-state index is -3.86. The number of aryl methyl sites for hydroxylation is 2. The zero-order valence-electron chi connectivity index (χ0n) is 15.4. The molecule has 0 bridgehead atoms. The van der Waals surface area contributed by atoms with E-state index < -0.39 is 20.0 Å². The average molecular weight is 417 g/mol. The van der Waals surface area contributed by atoms with Gasteiger partial charge in [0.15, 0.2) is 0 Å². The Hall–Kier alpha value is -2.84. The van der Waals surface area contributed by atoms with E-state index in [0.717, 1.165) is 11.1 Å². The molecule has 0 saturated carbocycles. The Labute approximate surface area is 165 Å². The maximum absolute atomic E-state index is 12.6. The molecule has 0 aliphatic rings. The van der Waals surface area contributed by atoms with Crippen molar-refractivity contribution in [1.29, 1.82) is 0 Å². The van der Waals surface area contributed by atoms with E-state index in [4.69, 9.17) is 0 Å². The van der Waals surface area contributed by atoms with Gasteiger partial charge >= 0.3 is 0 Å². The number of rotatable bonds is 6. The fourth-order valence-corrected chi connectivity index (χ4v) is 4.66. The maximum Gasteiger partial charge on any atom is 0.261 e. The molecule has 0 aliphatic heterocycles. The molecule has 28 heavy (non-hydrogen) atoms. The molecule has 8 heteroatoms. The number of benzene rings is 3. The van der Waals surface area contributed by atoms with Crippen molar-refractivity contribution in [2.24, 2.45) is 0 Å². The second-order valence-corrected chi connectivity index (χ2v) is 9.75. The first-order valence-corrected chi connectivity index (χ1v) is 11.4. The van der Waals surface area contributed by atoms with Crippen LogP contribution in [-0.4, -0.2) is 16.8 Å². The molecule has 3 aromatic rings. The van der Waals surface area contributed by atoms with E-state index in [0.29, 0.717) is 0 Å². The summed E-state index contributed by atoms with van der Waals surface area (Å²) in [5, 5.41) is 0. The Bertz CT molecular complexity index is 1090. The van der Waals surface area contributed by atoms with E-state index in [9.17, 15) is 16.8 Å². The number of para-hydroxylation sites is 2. The monoisotopic (exact) mass is 416 g/mol. The molecule has 3 aromatic carbocycles. The molecular formula is C20H20N2O4S2. The lowest BCUT2D eigenvalue weighted by atomic mass is 10.2. The molecule has 0 heterocycles. The lowest BCUT2D eigenvalue weighted by Gasteiger charge is -2.15. The summed E-state index contributed by atoms with van der Waals surface area (Å²) in [7, 11) is -7.73. The van der Waals surface area contributed by atoms with Gasteiger partial charge < -0.3 is 0 Å². The highest BCUT2D eigenvalue weighted by Crippen LogP contribution is 2.27. The van der Waals surface area contributed by atoms with Crippen LogP contribution >= 0.6 is 0 Å². The Morgan fingerprint density at radius 1 is 0.536 bits per heavy atom. The zero-order chi connectivity index (χ0) is 20.4. The van der Waals surface area contributed by atoms with E-state index in [1.165, 1.54) is 36.4 Å². The van der Waals surface area contributed by atoms with Crippen molar-refractivity contribution >= 4 is 31.4 Å². The van der Waals surface area contributed by atoms with Crippen LogP contribution in [0, 0.1) is 13.8 Å². The molecule has 0 amide bonds. The molecule has 0 saturated heterocycles. The number of anilines is 2. The first-order valence-electron chi connectivity index (χ1n) is 8.45. The molecule has 6 nitrogen and oxygen atoms in total. The van der Waals surface area contributed by atoms with Crippen molar-refractivity contribution in [2.45, 2.75) is 23.6 Å². The normalized spacial score (nSPS) is 11.8. The van der Waals surface area contributed by atoms with Gasteiger partial charge in [-0.25, -0.2) is 16.8 Å². The van der Waals surface area contributed by atoms with E-state index in [2.05, 4.69) is 9.44 Å². The van der Waals surface area contributed by atoms with Crippen LogP contribution in [0.5, 0.6) is 0 Å². The predicted molar refractivity (Wildman–Crippen MR) is 110 cm³/mol. The SMILES string of the molecule is Cc1ccc(S(=O)(=O)Nc2ccccc2NS(=O)(=O)c2ccc(C)cc2)cc1. The average Bonchev–Trinajstić information content (AvgIpc) is 2.64. The van der Waals surface area contributed by atoms with Crippen molar-refractivity contribution in [1.82, 2.24) is 0 Å². The molecule has 0 fully saturated rings. The van der Waals surface area contributed by atoms with E-state index >= 15 is 0 Å². The number of nitrogens with one attached hydrogen (secondary N) is 2. The summed E-state index contributed by atoms with van der Waals surface area (Å²) in [5.41, 5.74) is 2.15. The Morgan fingerprint density at radius 3 is 1.18 bits per heavy atom. The van der Waals surface area contributed by atoms with Gasteiger partial charge in [0, 0.05) is 0 Å². The lowest BCUT2D eigenvalue weighted by molar-refractivity contribution is 0.599. The van der Waals surface area contributed by atoms with Gasteiger partial charge in [-0.3, -0.25) is 9.44 Å². The third-order valence-electron chi connectivity index (χ3n) is 4.08. The van der Waals surface area contributed by atoms with E-state index in [1.54, 1.807) is 36.4 Å². The molecular weight excluding hydrogens is 396 g/mol. The summed E-state index contributed by atoms with van der Waals surface area (Å²) in [6, 6.07) is 19.0. The standard InChI is InChI=1S/C20H20N2O4S2/c1-15-7-11-17(12-8-15)27(23,24)21-19-5-3-4-6-20(19)22-28(25,26)18-13-9-16(2)10-14-18/h3-14,21-22H,1-2H3. The number of sulfonamides is 2.